The van der Waals surface area contributed by atoms with Crippen LogP contribution in [0.1, 0.15) is 18.0 Å². The molecule has 1 aliphatic heterocycles. The molecule has 3 rings (SSSR count). The summed E-state index contributed by atoms with van der Waals surface area (Å²) in [6.45, 7) is 2.80. The Morgan fingerprint density at radius 3 is 3.06 bits per heavy atom. The molecule has 0 aromatic carbocycles. The topological polar surface area (TPSA) is 69.9 Å². The lowest BCUT2D eigenvalue weighted by molar-refractivity contribution is 0.460. The zero-order chi connectivity index (χ0) is 11.1. The van der Waals surface area contributed by atoms with Crippen LogP contribution in [0.4, 0.5) is 0 Å². The largest absolute Gasteiger partial charge is 0.458 e. The van der Waals surface area contributed by atoms with Crippen LogP contribution in [-0.4, -0.2) is 20.8 Å². The minimum atomic E-state index is 0.211. The van der Waals surface area contributed by atoms with Gasteiger partial charge in [0.15, 0.2) is 11.6 Å². The van der Waals surface area contributed by atoms with E-state index in [-0.39, 0.29) is 6.04 Å². The van der Waals surface area contributed by atoms with Crippen molar-refractivity contribution in [3.05, 3.63) is 23.7 Å². The predicted molar refractivity (Wildman–Crippen MR) is 58.8 cm³/mol. The van der Waals surface area contributed by atoms with Gasteiger partial charge in [0.2, 0.25) is 0 Å². The monoisotopic (exact) mass is 218 g/mol. The molecule has 0 saturated carbocycles. The highest BCUT2D eigenvalue weighted by Crippen LogP contribution is 2.24. The summed E-state index contributed by atoms with van der Waals surface area (Å²) in [4.78, 5) is 0. The van der Waals surface area contributed by atoms with Gasteiger partial charge in [0.1, 0.15) is 11.6 Å². The van der Waals surface area contributed by atoms with Gasteiger partial charge in [0.05, 0.1) is 0 Å². The smallest absolute Gasteiger partial charge is 0.199 e. The van der Waals surface area contributed by atoms with Crippen LogP contribution < -0.4 is 5.73 Å². The molecule has 0 fully saturated rings. The minimum absolute atomic E-state index is 0.211. The standard InChI is InChI=1S/C11H14N4O/c1-7-2-3-9(16-7)11-14-13-10-6-8(12)4-5-15(10)11/h2-3,8H,4-6,12H2,1H3. The first kappa shape index (κ1) is 9.59. The fourth-order valence-electron chi connectivity index (χ4n) is 2.09. The van der Waals surface area contributed by atoms with Gasteiger partial charge in [-0.3, -0.25) is 0 Å². The summed E-state index contributed by atoms with van der Waals surface area (Å²) in [6, 6.07) is 4.08. The molecule has 3 heterocycles. The van der Waals surface area contributed by atoms with Crippen molar-refractivity contribution in [2.45, 2.75) is 32.4 Å². The van der Waals surface area contributed by atoms with E-state index in [1.807, 2.05) is 19.1 Å². The predicted octanol–water partition coefficient (Wildman–Crippen LogP) is 1.12. The third-order valence-corrected chi connectivity index (χ3v) is 2.96. The van der Waals surface area contributed by atoms with Crippen molar-refractivity contribution in [1.29, 1.82) is 0 Å². The van der Waals surface area contributed by atoms with Crippen LogP contribution in [0.2, 0.25) is 0 Å². The quantitative estimate of drug-likeness (QED) is 0.778. The fraction of sp³-hybridized carbons (Fsp3) is 0.455. The number of fused-ring (bicyclic) bond motifs is 1. The molecule has 2 N–H and O–H groups in total. The molecule has 5 heteroatoms. The zero-order valence-corrected chi connectivity index (χ0v) is 9.18. The van der Waals surface area contributed by atoms with Gasteiger partial charge in [-0.15, -0.1) is 10.2 Å². The summed E-state index contributed by atoms with van der Waals surface area (Å²) < 4.78 is 7.67. The van der Waals surface area contributed by atoms with Crippen molar-refractivity contribution in [3.8, 4) is 11.6 Å². The Kier molecular flexibility index (Phi) is 2.07. The Labute approximate surface area is 93.3 Å². The Hall–Kier alpha value is -1.62. The van der Waals surface area contributed by atoms with Crippen LogP contribution in [0.5, 0.6) is 0 Å². The van der Waals surface area contributed by atoms with Gasteiger partial charge in [-0.2, -0.15) is 0 Å². The highest BCUT2D eigenvalue weighted by atomic mass is 16.3. The van der Waals surface area contributed by atoms with Gasteiger partial charge in [0, 0.05) is 19.0 Å². The van der Waals surface area contributed by atoms with Crippen molar-refractivity contribution in [3.63, 3.8) is 0 Å². The normalized spacial score (nSPS) is 19.8. The molecule has 2 aromatic heterocycles. The maximum Gasteiger partial charge on any atom is 0.199 e. The molecular formula is C11H14N4O. The van der Waals surface area contributed by atoms with E-state index in [1.165, 1.54) is 0 Å². The van der Waals surface area contributed by atoms with Crippen molar-refractivity contribution < 1.29 is 4.42 Å². The number of hydrogen-bond acceptors (Lipinski definition) is 4. The Balaban J connectivity index is 2.03. The summed E-state index contributed by atoms with van der Waals surface area (Å²) in [6.07, 6.45) is 1.77. The number of rotatable bonds is 1. The van der Waals surface area contributed by atoms with Gasteiger partial charge >= 0.3 is 0 Å². The number of nitrogens with zero attached hydrogens (tertiary/aromatic N) is 3. The summed E-state index contributed by atoms with van der Waals surface area (Å²) in [7, 11) is 0. The zero-order valence-electron chi connectivity index (χ0n) is 9.18. The van der Waals surface area contributed by atoms with E-state index in [4.69, 9.17) is 10.2 Å². The summed E-state index contributed by atoms with van der Waals surface area (Å²) in [5.41, 5.74) is 5.90. The first-order valence-corrected chi connectivity index (χ1v) is 5.48. The SMILES string of the molecule is Cc1ccc(-c2nnc3n2CCC(N)C3)o1. The van der Waals surface area contributed by atoms with E-state index in [0.717, 1.165) is 42.6 Å². The first-order valence-electron chi connectivity index (χ1n) is 5.48. The van der Waals surface area contributed by atoms with E-state index in [0.29, 0.717) is 0 Å². The fourth-order valence-corrected chi connectivity index (χ4v) is 2.09. The average molecular weight is 218 g/mol. The van der Waals surface area contributed by atoms with Crippen LogP contribution >= 0.6 is 0 Å². The molecule has 1 aliphatic rings. The molecule has 1 unspecified atom stereocenters. The lowest BCUT2D eigenvalue weighted by Gasteiger charge is -2.19. The highest BCUT2D eigenvalue weighted by molar-refractivity contribution is 5.47. The van der Waals surface area contributed by atoms with Gasteiger partial charge in [-0.05, 0) is 25.5 Å². The molecule has 0 radical (unpaired) electrons. The molecule has 84 valence electrons. The van der Waals surface area contributed by atoms with Gasteiger partial charge < -0.3 is 14.7 Å². The van der Waals surface area contributed by atoms with E-state index in [2.05, 4.69) is 14.8 Å². The Bertz CT molecular complexity index is 514. The van der Waals surface area contributed by atoms with E-state index in [1.54, 1.807) is 0 Å². The van der Waals surface area contributed by atoms with E-state index in [9.17, 15) is 0 Å². The third kappa shape index (κ3) is 1.44. The van der Waals surface area contributed by atoms with Crippen LogP contribution in [-0.2, 0) is 13.0 Å². The van der Waals surface area contributed by atoms with Crippen molar-refractivity contribution in [1.82, 2.24) is 14.8 Å². The minimum Gasteiger partial charge on any atom is -0.458 e. The van der Waals surface area contributed by atoms with Crippen molar-refractivity contribution in [2.24, 2.45) is 5.73 Å². The lowest BCUT2D eigenvalue weighted by Crippen LogP contribution is -2.31. The maximum absolute atomic E-state index is 5.90. The highest BCUT2D eigenvalue weighted by Gasteiger charge is 2.22. The molecule has 5 nitrogen and oxygen atoms in total. The first-order chi connectivity index (χ1) is 7.74. The summed E-state index contributed by atoms with van der Waals surface area (Å²) >= 11 is 0. The molecule has 0 bridgehead atoms. The van der Waals surface area contributed by atoms with Gasteiger partial charge in [0.25, 0.3) is 0 Å². The summed E-state index contributed by atoms with van der Waals surface area (Å²) in [5, 5.41) is 8.35. The van der Waals surface area contributed by atoms with Gasteiger partial charge in [-0.25, -0.2) is 0 Å². The molecule has 0 spiro atoms. The van der Waals surface area contributed by atoms with E-state index >= 15 is 0 Å². The van der Waals surface area contributed by atoms with Gasteiger partial charge in [-0.1, -0.05) is 0 Å². The Morgan fingerprint density at radius 1 is 1.44 bits per heavy atom. The second kappa shape index (κ2) is 3.45. The van der Waals surface area contributed by atoms with Crippen LogP contribution in [0, 0.1) is 6.92 Å². The van der Waals surface area contributed by atoms with Crippen LogP contribution in [0.15, 0.2) is 16.5 Å². The molecule has 0 saturated heterocycles. The molecule has 0 amide bonds. The lowest BCUT2D eigenvalue weighted by atomic mass is 10.1. The molecule has 0 aliphatic carbocycles. The van der Waals surface area contributed by atoms with Crippen molar-refractivity contribution in [2.75, 3.05) is 0 Å². The molecule has 1 atom stereocenters. The van der Waals surface area contributed by atoms with Crippen LogP contribution in [0.25, 0.3) is 11.6 Å². The average Bonchev–Trinajstić information content (AvgIpc) is 2.83. The number of hydrogen-bond donors (Lipinski definition) is 1. The maximum atomic E-state index is 5.90. The van der Waals surface area contributed by atoms with E-state index < -0.39 is 0 Å². The Morgan fingerprint density at radius 2 is 2.31 bits per heavy atom. The second-order valence-corrected chi connectivity index (χ2v) is 4.25. The van der Waals surface area contributed by atoms with Crippen LogP contribution in [0.3, 0.4) is 0 Å². The number of furan rings is 1. The molecular weight excluding hydrogens is 204 g/mol. The second-order valence-electron chi connectivity index (χ2n) is 4.25. The number of aromatic nitrogens is 3. The molecule has 2 aromatic rings. The molecule has 16 heavy (non-hydrogen) atoms. The third-order valence-electron chi connectivity index (χ3n) is 2.96. The van der Waals surface area contributed by atoms with Crippen molar-refractivity contribution >= 4 is 0 Å². The summed E-state index contributed by atoms with van der Waals surface area (Å²) in [5.74, 6) is 3.45. The number of nitrogens with two attached hydrogens (primary N) is 1. The number of aryl methyl sites for hydroxylation is 1.